The first kappa shape index (κ1) is 13.3. The molecule has 0 saturated heterocycles. The number of imidazole rings is 1. The van der Waals surface area contributed by atoms with Crippen LogP contribution >= 0.6 is 0 Å². The first-order valence-corrected chi connectivity index (χ1v) is 7.27. The summed E-state index contributed by atoms with van der Waals surface area (Å²) in [6.45, 7) is 0. The molecule has 5 heteroatoms. The van der Waals surface area contributed by atoms with Gasteiger partial charge in [-0.1, -0.05) is 6.07 Å². The highest BCUT2D eigenvalue weighted by atomic mass is 16.1. The molecule has 0 aliphatic heterocycles. The number of benzene rings is 2. The smallest absolute Gasteiger partial charge is 0.255 e. The standard InChI is InChI=1S/C18H14N4O/c23-18(13-6-7-16-17(10-13)20-12-19-16)21-14-4-3-5-15(11-14)22-8-1-2-9-22/h1-12H,(H,19,20)(H,21,23). The van der Waals surface area contributed by atoms with Gasteiger partial charge in [0.1, 0.15) is 0 Å². The predicted octanol–water partition coefficient (Wildman–Crippen LogP) is 3.61. The Morgan fingerprint density at radius 1 is 1.04 bits per heavy atom. The molecule has 2 aromatic carbocycles. The predicted molar refractivity (Wildman–Crippen MR) is 89.8 cm³/mol. The Labute approximate surface area is 132 Å². The minimum Gasteiger partial charge on any atom is -0.345 e. The molecule has 5 nitrogen and oxygen atoms in total. The van der Waals surface area contributed by atoms with Crippen LogP contribution in [0.1, 0.15) is 10.4 Å². The van der Waals surface area contributed by atoms with E-state index in [1.807, 2.05) is 59.4 Å². The van der Waals surface area contributed by atoms with E-state index in [-0.39, 0.29) is 5.91 Å². The molecule has 0 bridgehead atoms. The van der Waals surface area contributed by atoms with Crippen LogP contribution in [0.25, 0.3) is 16.7 Å². The van der Waals surface area contributed by atoms with E-state index < -0.39 is 0 Å². The van der Waals surface area contributed by atoms with E-state index in [1.165, 1.54) is 0 Å². The highest BCUT2D eigenvalue weighted by Gasteiger charge is 2.08. The van der Waals surface area contributed by atoms with Crippen LogP contribution in [0.4, 0.5) is 5.69 Å². The third-order valence-electron chi connectivity index (χ3n) is 3.69. The van der Waals surface area contributed by atoms with Gasteiger partial charge in [0, 0.05) is 29.3 Å². The number of carbonyl (C=O) groups is 1. The van der Waals surface area contributed by atoms with E-state index in [1.54, 1.807) is 18.5 Å². The van der Waals surface area contributed by atoms with Gasteiger partial charge in [-0.3, -0.25) is 4.79 Å². The van der Waals surface area contributed by atoms with Gasteiger partial charge in [-0.2, -0.15) is 0 Å². The van der Waals surface area contributed by atoms with Crippen LogP contribution in [0.2, 0.25) is 0 Å². The molecular formula is C18H14N4O. The van der Waals surface area contributed by atoms with Crippen molar-refractivity contribution in [1.82, 2.24) is 14.5 Å². The second-order valence-electron chi connectivity index (χ2n) is 5.23. The molecule has 4 aromatic rings. The Bertz CT molecular complexity index is 970. The maximum atomic E-state index is 12.4. The van der Waals surface area contributed by atoms with Crippen LogP contribution in [0, 0.1) is 0 Å². The molecule has 0 aliphatic carbocycles. The summed E-state index contributed by atoms with van der Waals surface area (Å²) in [6, 6.07) is 17.1. The molecule has 112 valence electrons. The summed E-state index contributed by atoms with van der Waals surface area (Å²) in [7, 11) is 0. The van der Waals surface area contributed by atoms with Gasteiger partial charge in [0.15, 0.2) is 0 Å². The molecule has 0 atom stereocenters. The number of aromatic amines is 1. The van der Waals surface area contributed by atoms with Crippen LogP contribution in [0.3, 0.4) is 0 Å². The van der Waals surface area contributed by atoms with Gasteiger partial charge in [0.25, 0.3) is 5.91 Å². The monoisotopic (exact) mass is 302 g/mol. The first-order chi connectivity index (χ1) is 11.3. The highest BCUT2D eigenvalue weighted by molar-refractivity contribution is 6.06. The summed E-state index contributed by atoms with van der Waals surface area (Å²) in [4.78, 5) is 19.6. The van der Waals surface area contributed by atoms with Crippen molar-refractivity contribution in [1.29, 1.82) is 0 Å². The SMILES string of the molecule is O=C(Nc1cccc(-n2cccc2)c1)c1ccc2nc[nH]c2c1. The topological polar surface area (TPSA) is 62.7 Å². The van der Waals surface area contributed by atoms with Crippen LogP contribution in [-0.4, -0.2) is 20.4 Å². The zero-order chi connectivity index (χ0) is 15.6. The Kier molecular flexibility index (Phi) is 3.16. The maximum Gasteiger partial charge on any atom is 0.255 e. The number of nitrogens with one attached hydrogen (secondary N) is 2. The van der Waals surface area contributed by atoms with Crippen molar-refractivity contribution in [2.24, 2.45) is 0 Å². The number of fused-ring (bicyclic) bond motifs is 1. The molecule has 23 heavy (non-hydrogen) atoms. The molecule has 0 aliphatic rings. The number of aromatic nitrogens is 3. The van der Waals surface area contributed by atoms with Gasteiger partial charge in [-0.15, -0.1) is 0 Å². The fraction of sp³-hybridized carbons (Fsp3) is 0. The van der Waals surface area contributed by atoms with E-state index in [0.717, 1.165) is 22.4 Å². The maximum absolute atomic E-state index is 12.4. The molecule has 4 rings (SSSR count). The van der Waals surface area contributed by atoms with Crippen LogP contribution in [0.15, 0.2) is 73.3 Å². The summed E-state index contributed by atoms with van der Waals surface area (Å²) < 4.78 is 1.99. The fourth-order valence-electron chi connectivity index (χ4n) is 2.53. The van der Waals surface area contributed by atoms with Crippen LogP contribution in [0.5, 0.6) is 0 Å². The van der Waals surface area contributed by atoms with Gasteiger partial charge in [0.05, 0.1) is 17.4 Å². The molecule has 2 heterocycles. The fourth-order valence-corrected chi connectivity index (χ4v) is 2.53. The van der Waals surface area contributed by atoms with E-state index in [2.05, 4.69) is 15.3 Å². The molecule has 0 radical (unpaired) electrons. The molecular weight excluding hydrogens is 288 g/mol. The number of hydrogen-bond donors (Lipinski definition) is 2. The number of hydrogen-bond acceptors (Lipinski definition) is 2. The van der Waals surface area contributed by atoms with Crippen molar-refractivity contribution in [3.8, 4) is 5.69 Å². The summed E-state index contributed by atoms with van der Waals surface area (Å²) in [5, 5.41) is 2.93. The van der Waals surface area contributed by atoms with E-state index in [0.29, 0.717) is 5.56 Å². The second kappa shape index (κ2) is 5.46. The van der Waals surface area contributed by atoms with Crippen molar-refractivity contribution in [3.05, 3.63) is 78.9 Å². The van der Waals surface area contributed by atoms with Crippen molar-refractivity contribution in [3.63, 3.8) is 0 Å². The summed E-state index contributed by atoms with van der Waals surface area (Å²) in [5.41, 5.74) is 4.03. The van der Waals surface area contributed by atoms with Gasteiger partial charge >= 0.3 is 0 Å². The molecule has 0 unspecified atom stereocenters. The molecule has 0 saturated carbocycles. The lowest BCUT2D eigenvalue weighted by molar-refractivity contribution is 0.102. The molecule has 2 aromatic heterocycles. The number of rotatable bonds is 3. The third kappa shape index (κ3) is 2.60. The molecule has 0 fully saturated rings. The molecule has 2 N–H and O–H groups in total. The molecule has 1 amide bonds. The Morgan fingerprint density at radius 2 is 1.91 bits per heavy atom. The van der Waals surface area contributed by atoms with Gasteiger partial charge in [0.2, 0.25) is 0 Å². The average molecular weight is 302 g/mol. The lowest BCUT2D eigenvalue weighted by Gasteiger charge is -2.08. The van der Waals surface area contributed by atoms with Gasteiger partial charge < -0.3 is 14.9 Å². The highest BCUT2D eigenvalue weighted by Crippen LogP contribution is 2.17. The van der Waals surface area contributed by atoms with Crippen molar-refractivity contribution in [2.75, 3.05) is 5.32 Å². The Balaban J connectivity index is 1.59. The first-order valence-electron chi connectivity index (χ1n) is 7.27. The minimum absolute atomic E-state index is 0.147. The van der Waals surface area contributed by atoms with E-state index >= 15 is 0 Å². The van der Waals surface area contributed by atoms with Crippen molar-refractivity contribution >= 4 is 22.6 Å². The van der Waals surface area contributed by atoms with Crippen molar-refractivity contribution < 1.29 is 4.79 Å². The quantitative estimate of drug-likeness (QED) is 0.607. The summed E-state index contributed by atoms with van der Waals surface area (Å²) >= 11 is 0. The number of carbonyl (C=O) groups excluding carboxylic acids is 1. The zero-order valence-electron chi connectivity index (χ0n) is 12.2. The summed E-state index contributed by atoms with van der Waals surface area (Å²) in [5.74, 6) is -0.147. The summed E-state index contributed by atoms with van der Waals surface area (Å²) in [6.07, 6.45) is 5.55. The third-order valence-corrected chi connectivity index (χ3v) is 3.69. The minimum atomic E-state index is -0.147. The Hall–Kier alpha value is -3.34. The molecule has 0 spiro atoms. The lowest BCUT2D eigenvalue weighted by Crippen LogP contribution is -2.12. The number of nitrogens with zero attached hydrogens (tertiary/aromatic N) is 2. The van der Waals surface area contributed by atoms with Gasteiger partial charge in [-0.05, 0) is 48.5 Å². The van der Waals surface area contributed by atoms with Crippen molar-refractivity contribution in [2.45, 2.75) is 0 Å². The second-order valence-corrected chi connectivity index (χ2v) is 5.23. The largest absolute Gasteiger partial charge is 0.345 e. The zero-order valence-corrected chi connectivity index (χ0v) is 12.2. The lowest BCUT2D eigenvalue weighted by atomic mass is 10.2. The van der Waals surface area contributed by atoms with Crippen LogP contribution < -0.4 is 5.32 Å². The number of H-pyrrole nitrogens is 1. The normalized spacial score (nSPS) is 10.8. The average Bonchev–Trinajstić information content (AvgIpc) is 3.26. The van der Waals surface area contributed by atoms with E-state index in [4.69, 9.17) is 0 Å². The number of amides is 1. The van der Waals surface area contributed by atoms with E-state index in [9.17, 15) is 4.79 Å². The Morgan fingerprint density at radius 3 is 2.78 bits per heavy atom. The van der Waals surface area contributed by atoms with Gasteiger partial charge in [-0.25, -0.2) is 4.98 Å². The van der Waals surface area contributed by atoms with Crippen LogP contribution in [-0.2, 0) is 0 Å². The number of anilines is 1.